The first kappa shape index (κ1) is 20.3. The molecule has 1 fully saturated rings. The fraction of sp³-hybridized carbons (Fsp3) is 0.381. The van der Waals surface area contributed by atoms with Gasteiger partial charge in [0.2, 0.25) is 0 Å². The molecule has 28 heavy (non-hydrogen) atoms. The summed E-state index contributed by atoms with van der Waals surface area (Å²) in [5.41, 5.74) is 1.31. The normalized spacial score (nSPS) is 19.8. The fourth-order valence-electron chi connectivity index (χ4n) is 3.41. The lowest BCUT2D eigenvalue weighted by Gasteiger charge is -2.27. The molecule has 0 radical (unpaired) electrons. The summed E-state index contributed by atoms with van der Waals surface area (Å²) >= 11 is 0. The van der Waals surface area contributed by atoms with Crippen LogP contribution in [0, 0.1) is 18.7 Å². The molecule has 1 aliphatic carbocycles. The van der Waals surface area contributed by atoms with Crippen LogP contribution < -0.4 is 10.0 Å². The monoisotopic (exact) mass is 404 g/mol. The summed E-state index contributed by atoms with van der Waals surface area (Å²) in [7, 11) is -3.89. The van der Waals surface area contributed by atoms with Crippen molar-refractivity contribution >= 4 is 21.6 Å². The Hall–Kier alpha value is -2.41. The molecule has 3 rings (SSSR count). The van der Waals surface area contributed by atoms with Gasteiger partial charge in [-0.15, -0.1) is 0 Å². The minimum absolute atomic E-state index is 0.00941. The Morgan fingerprint density at radius 3 is 2.32 bits per heavy atom. The molecule has 1 amide bonds. The second kappa shape index (κ2) is 8.31. The molecular weight excluding hydrogens is 379 g/mol. The zero-order chi connectivity index (χ0) is 20.3. The number of sulfonamides is 1. The number of hydrogen-bond acceptors (Lipinski definition) is 3. The van der Waals surface area contributed by atoms with Gasteiger partial charge >= 0.3 is 0 Å². The second-order valence-corrected chi connectivity index (χ2v) is 9.20. The average molecular weight is 405 g/mol. The van der Waals surface area contributed by atoms with Crippen LogP contribution in [0.4, 0.5) is 10.1 Å². The predicted molar refractivity (Wildman–Crippen MR) is 107 cm³/mol. The third-order valence-corrected chi connectivity index (χ3v) is 6.59. The van der Waals surface area contributed by atoms with Gasteiger partial charge in [-0.25, -0.2) is 12.8 Å². The molecule has 0 atom stereocenters. The highest BCUT2D eigenvalue weighted by Gasteiger charge is 2.23. The second-order valence-electron chi connectivity index (χ2n) is 7.52. The van der Waals surface area contributed by atoms with Crippen LogP contribution in [-0.4, -0.2) is 20.4 Å². The maximum Gasteiger partial charge on any atom is 0.261 e. The van der Waals surface area contributed by atoms with E-state index in [9.17, 15) is 17.6 Å². The first-order chi connectivity index (χ1) is 13.2. The summed E-state index contributed by atoms with van der Waals surface area (Å²) in [4.78, 5) is 12.7. The minimum Gasteiger partial charge on any atom is -0.349 e. The highest BCUT2D eigenvalue weighted by Crippen LogP contribution is 2.24. The van der Waals surface area contributed by atoms with Gasteiger partial charge in [-0.1, -0.05) is 13.0 Å². The van der Waals surface area contributed by atoms with Crippen molar-refractivity contribution in [3.8, 4) is 0 Å². The molecule has 0 heterocycles. The van der Waals surface area contributed by atoms with E-state index in [1.807, 2.05) is 0 Å². The topological polar surface area (TPSA) is 75.3 Å². The first-order valence-electron chi connectivity index (χ1n) is 9.44. The number of halogens is 1. The maximum absolute atomic E-state index is 13.0. The van der Waals surface area contributed by atoms with Crippen LogP contribution in [0.5, 0.6) is 0 Å². The zero-order valence-electron chi connectivity index (χ0n) is 16.0. The number of anilines is 1. The number of amides is 1. The number of carbonyl (C=O) groups is 1. The van der Waals surface area contributed by atoms with Crippen molar-refractivity contribution in [1.29, 1.82) is 0 Å². The van der Waals surface area contributed by atoms with Crippen LogP contribution in [0.25, 0.3) is 0 Å². The lowest BCUT2D eigenvalue weighted by Crippen LogP contribution is -2.37. The van der Waals surface area contributed by atoms with Crippen LogP contribution in [0.1, 0.15) is 48.5 Å². The van der Waals surface area contributed by atoms with Crippen molar-refractivity contribution in [2.75, 3.05) is 4.72 Å². The van der Waals surface area contributed by atoms with Gasteiger partial charge in [-0.2, -0.15) is 0 Å². The van der Waals surface area contributed by atoms with E-state index in [1.54, 1.807) is 13.0 Å². The third kappa shape index (κ3) is 4.90. The molecule has 0 spiro atoms. The Morgan fingerprint density at radius 2 is 1.68 bits per heavy atom. The Balaban J connectivity index is 1.78. The predicted octanol–water partition coefficient (Wildman–Crippen LogP) is 4.24. The lowest BCUT2D eigenvalue weighted by molar-refractivity contribution is 0.0922. The number of nitrogens with one attached hydrogen (secondary N) is 2. The van der Waals surface area contributed by atoms with Crippen LogP contribution in [-0.2, 0) is 10.0 Å². The average Bonchev–Trinajstić information content (AvgIpc) is 2.65. The number of aryl methyl sites for hydroxylation is 1. The Kier molecular flexibility index (Phi) is 6.03. The largest absolute Gasteiger partial charge is 0.349 e. The summed E-state index contributed by atoms with van der Waals surface area (Å²) in [5, 5.41) is 3.04. The van der Waals surface area contributed by atoms with E-state index in [0.29, 0.717) is 17.0 Å². The Morgan fingerprint density at radius 1 is 1.04 bits per heavy atom. The molecule has 1 aliphatic rings. The van der Waals surface area contributed by atoms with Crippen molar-refractivity contribution < 1.29 is 17.6 Å². The number of benzene rings is 2. The third-order valence-electron chi connectivity index (χ3n) is 5.21. The summed E-state index contributed by atoms with van der Waals surface area (Å²) in [6, 6.07) is 9.64. The zero-order valence-corrected chi connectivity index (χ0v) is 16.9. The Labute approximate surface area is 165 Å². The van der Waals surface area contributed by atoms with Crippen molar-refractivity contribution in [1.82, 2.24) is 5.32 Å². The fourth-order valence-corrected chi connectivity index (χ4v) is 4.50. The van der Waals surface area contributed by atoms with Gasteiger partial charge in [0.05, 0.1) is 4.90 Å². The molecule has 1 saturated carbocycles. The first-order valence-corrected chi connectivity index (χ1v) is 10.9. The van der Waals surface area contributed by atoms with E-state index >= 15 is 0 Å². The maximum atomic E-state index is 13.0. The Bertz CT molecular complexity index is 950. The van der Waals surface area contributed by atoms with Gasteiger partial charge in [0.1, 0.15) is 5.82 Å². The molecule has 2 aromatic rings. The SMILES string of the molecule is Cc1ccc(S(=O)(=O)Nc2ccc(F)cc2)cc1C(=O)NC1CCC(C)CC1. The highest BCUT2D eigenvalue weighted by molar-refractivity contribution is 7.92. The van der Waals surface area contributed by atoms with Crippen molar-refractivity contribution in [3.63, 3.8) is 0 Å². The molecule has 7 heteroatoms. The van der Waals surface area contributed by atoms with E-state index in [1.165, 1.54) is 36.4 Å². The van der Waals surface area contributed by atoms with Gasteiger partial charge in [-0.05, 0) is 80.5 Å². The van der Waals surface area contributed by atoms with Gasteiger partial charge < -0.3 is 5.32 Å². The standard InChI is InChI=1S/C21H25FN2O3S/c1-14-3-8-17(9-4-14)23-21(25)20-13-19(12-5-15(20)2)28(26,27)24-18-10-6-16(22)7-11-18/h5-7,10-14,17,24H,3-4,8-9H2,1-2H3,(H,23,25). The molecule has 0 bridgehead atoms. The van der Waals surface area contributed by atoms with Crippen molar-refractivity contribution in [2.24, 2.45) is 5.92 Å². The van der Waals surface area contributed by atoms with E-state index in [2.05, 4.69) is 17.0 Å². The van der Waals surface area contributed by atoms with Gasteiger partial charge in [0.15, 0.2) is 0 Å². The van der Waals surface area contributed by atoms with Gasteiger partial charge in [-0.3, -0.25) is 9.52 Å². The number of hydrogen-bond donors (Lipinski definition) is 2. The molecule has 2 N–H and O–H groups in total. The summed E-state index contributed by atoms with van der Waals surface area (Å²) in [5.74, 6) is -0.0221. The minimum atomic E-state index is -3.89. The summed E-state index contributed by atoms with van der Waals surface area (Å²) in [6.45, 7) is 3.99. The molecule has 0 unspecified atom stereocenters. The van der Waals surface area contributed by atoms with Crippen LogP contribution in [0.2, 0.25) is 0 Å². The molecule has 150 valence electrons. The molecule has 0 saturated heterocycles. The molecule has 0 aliphatic heterocycles. The van der Waals surface area contributed by atoms with Crippen LogP contribution in [0.15, 0.2) is 47.4 Å². The molecule has 0 aromatic heterocycles. The molecule has 5 nitrogen and oxygen atoms in total. The van der Waals surface area contributed by atoms with Crippen LogP contribution >= 0.6 is 0 Å². The molecular formula is C21H25FN2O3S. The van der Waals surface area contributed by atoms with E-state index in [4.69, 9.17) is 0 Å². The van der Waals surface area contributed by atoms with Crippen molar-refractivity contribution in [3.05, 3.63) is 59.4 Å². The van der Waals surface area contributed by atoms with E-state index < -0.39 is 15.8 Å². The highest BCUT2D eigenvalue weighted by atomic mass is 32.2. The smallest absolute Gasteiger partial charge is 0.261 e. The van der Waals surface area contributed by atoms with E-state index in [-0.39, 0.29) is 22.5 Å². The van der Waals surface area contributed by atoms with Crippen molar-refractivity contribution in [2.45, 2.75) is 50.5 Å². The molecule has 2 aromatic carbocycles. The summed E-state index contributed by atoms with van der Waals surface area (Å²) < 4.78 is 40.8. The number of rotatable bonds is 5. The van der Waals surface area contributed by atoms with Gasteiger partial charge in [0.25, 0.3) is 15.9 Å². The summed E-state index contributed by atoms with van der Waals surface area (Å²) in [6.07, 6.45) is 4.05. The number of carbonyl (C=O) groups excluding carboxylic acids is 1. The van der Waals surface area contributed by atoms with Gasteiger partial charge in [0, 0.05) is 17.3 Å². The van der Waals surface area contributed by atoms with E-state index in [0.717, 1.165) is 25.7 Å². The quantitative estimate of drug-likeness (QED) is 0.783. The van der Waals surface area contributed by atoms with Crippen LogP contribution in [0.3, 0.4) is 0 Å². The lowest BCUT2D eigenvalue weighted by atomic mass is 9.87.